The maximum atomic E-state index is 2.51. The molecule has 1 aliphatic rings. The zero-order valence-electron chi connectivity index (χ0n) is 12.0. The Morgan fingerprint density at radius 2 is 1.53 bits per heavy atom. The van der Waals surface area contributed by atoms with Gasteiger partial charge in [0.1, 0.15) is 0 Å². The molecule has 102 valence electrons. The SMILES string of the molecule is Br.CCCCCCCCN1CN(C)C(C)=C1C. The van der Waals surface area contributed by atoms with Gasteiger partial charge in [-0.15, -0.1) is 17.0 Å². The molecule has 0 spiro atoms. The number of nitrogens with zero attached hydrogens (tertiary/aromatic N) is 2. The molecule has 3 heteroatoms. The van der Waals surface area contributed by atoms with E-state index in [1.165, 1.54) is 56.5 Å². The highest BCUT2D eigenvalue weighted by molar-refractivity contribution is 8.93. The molecule has 0 aliphatic carbocycles. The van der Waals surface area contributed by atoms with Gasteiger partial charge < -0.3 is 9.80 Å². The maximum Gasteiger partial charge on any atom is 0.0895 e. The van der Waals surface area contributed by atoms with Crippen LogP contribution >= 0.6 is 17.0 Å². The van der Waals surface area contributed by atoms with Crippen molar-refractivity contribution in [3.8, 4) is 0 Å². The van der Waals surface area contributed by atoms with E-state index in [9.17, 15) is 0 Å². The van der Waals surface area contributed by atoms with Crippen molar-refractivity contribution < 1.29 is 0 Å². The lowest BCUT2D eigenvalue weighted by molar-refractivity contribution is 0.272. The van der Waals surface area contributed by atoms with E-state index in [0.717, 1.165) is 6.67 Å². The van der Waals surface area contributed by atoms with Crippen LogP contribution < -0.4 is 0 Å². The third-order valence-electron chi connectivity index (χ3n) is 3.73. The van der Waals surface area contributed by atoms with Crippen LogP contribution in [0.15, 0.2) is 11.4 Å². The number of rotatable bonds is 7. The Morgan fingerprint density at radius 3 is 2.06 bits per heavy atom. The minimum Gasteiger partial charge on any atom is -0.359 e. The van der Waals surface area contributed by atoms with Crippen LogP contribution in [0.25, 0.3) is 0 Å². The summed E-state index contributed by atoms with van der Waals surface area (Å²) >= 11 is 0. The van der Waals surface area contributed by atoms with Crippen molar-refractivity contribution in [3.63, 3.8) is 0 Å². The van der Waals surface area contributed by atoms with E-state index in [0.29, 0.717) is 0 Å². The molecule has 1 aliphatic heterocycles. The summed E-state index contributed by atoms with van der Waals surface area (Å²) in [5, 5.41) is 0. The van der Waals surface area contributed by atoms with Crippen molar-refractivity contribution >= 4 is 17.0 Å². The summed E-state index contributed by atoms with van der Waals surface area (Å²) < 4.78 is 0. The summed E-state index contributed by atoms with van der Waals surface area (Å²) in [6.45, 7) is 9.07. The summed E-state index contributed by atoms with van der Waals surface area (Å²) in [4.78, 5) is 4.85. The largest absolute Gasteiger partial charge is 0.359 e. The fourth-order valence-corrected chi connectivity index (χ4v) is 2.29. The van der Waals surface area contributed by atoms with Crippen LogP contribution in [0.4, 0.5) is 0 Å². The third-order valence-corrected chi connectivity index (χ3v) is 3.73. The van der Waals surface area contributed by atoms with Crippen molar-refractivity contribution in [3.05, 3.63) is 11.4 Å². The van der Waals surface area contributed by atoms with Gasteiger partial charge in [0.2, 0.25) is 0 Å². The molecule has 0 aromatic heterocycles. The molecule has 0 bridgehead atoms. The average Bonchev–Trinajstić information content (AvgIpc) is 2.51. The van der Waals surface area contributed by atoms with Crippen LogP contribution in [-0.4, -0.2) is 30.1 Å². The molecular weight excluding hydrogens is 276 g/mol. The topological polar surface area (TPSA) is 6.48 Å². The highest BCUT2D eigenvalue weighted by Gasteiger charge is 2.18. The van der Waals surface area contributed by atoms with Gasteiger partial charge in [-0.05, 0) is 20.3 Å². The van der Waals surface area contributed by atoms with Crippen molar-refractivity contribution in [2.24, 2.45) is 0 Å². The normalized spacial score (nSPS) is 15.5. The van der Waals surface area contributed by atoms with Crippen LogP contribution in [0.1, 0.15) is 59.3 Å². The predicted octanol–water partition coefficient (Wildman–Crippen LogP) is 4.38. The highest BCUT2D eigenvalue weighted by atomic mass is 79.9. The second-order valence-electron chi connectivity index (χ2n) is 5.04. The Labute approximate surface area is 118 Å². The van der Waals surface area contributed by atoms with E-state index in [1.807, 2.05) is 0 Å². The Bertz CT molecular complexity index is 238. The van der Waals surface area contributed by atoms with Crippen LogP contribution in [-0.2, 0) is 0 Å². The van der Waals surface area contributed by atoms with E-state index in [-0.39, 0.29) is 17.0 Å². The van der Waals surface area contributed by atoms with E-state index >= 15 is 0 Å². The Morgan fingerprint density at radius 1 is 0.941 bits per heavy atom. The minimum atomic E-state index is 0. The first-order valence-electron chi connectivity index (χ1n) is 6.80. The second kappa shape index (κ2) is 8.84. The van der Waals surface area contributed by atoms with Crippen LogP contribution in [0, 0.1) is 0 Å². The van der Waals surface area contributed by atoms with Gasteiger partial charge in [0.15, 0.2) is 0 Å². The first-order valence-corrected chi connectivity index (χ1v) is 6.80. The average molecular weight is 305 g/mol. The molecule has 17 heavy (non-hydrogen) atoms. The van der Waals surface area contributed by atoms with Gasteiger partial charge in [-0.3, -0.25) is 0 Å². The van der Waals surface area contributed by atoms with Gasteiger partial charge in [0, 0.05) is 25.0 Å². The van der Waals surface area contributed by atoms with E-state index in [1.54, 1.807) is 0 Å². The molecule has 1 rings (SSSR count). The zero-order chi connectivity index (χ0) is 12.0. The summed E-state index contributed by atoms with van der Waals surface area (Å²) in [6, 6.07) is 0. The molecule has 0 saturated carbocycles. The van der Waals surface area contributed by atoms with Gasteiger partial charge >= 0.3 is 0 Å². The molecule has 2 nitrogen and oxygen atoms in total. The van der Waals surface area contributed by atoms with Gasteiger partial charge in [0.05, 0.1) is 6.67 Å². The van der Waals surface area contributed by atoms with E-state index in [2.05, 4.69) is 37.6 Å². The maximum absolute atomic E-state index is 2.51. The fourth-order valence-electron chi connectivity index (χ4n) is 2.29. The number of hydrogen-bond acceptors (Lipinski definition) is 2. The van der Waals surface area contributed by atoms with Crippen LogP contribution in [0.3, 0.4) is 0 Å². The molecule has 0 atom stereocenters. The van der Waals surface area contributed by atoms with E-state index in [4.69, 9.17) is 0 Å². The van der Waals surface area contributed by atoms with Gasteiger partial charge in [-0.1, -0.05) is 39.0 Å². The van der Waals surface area contributed by atoms with Crippen LogP contribution in [0.5, 0.6) is 0 Å². The summed E-state index contributed by atoms with van der Waals surface area (Å²) in [5.74, 6) is 0. The molecule has 0 fully saturated rings. The first-order chi connectivity index (χ1) is 7.66. The third kappa shape index (κ3) is 5.33. The van der Waals surface area contributed by atoms with Crippen LogP contribution in [0.2, 0.25) is 0 Å². The highest BCUT2D eigenvalue weighted by Crippen LogP contribution is 2.21. The van der Waals surface area contributed by atoms with Gasteiger partial charge in [-0.2, -0.15) is 0 Å². The van der Waals surface area contributed by atoms with Crippen molar-refractivity contribution in [2.45, 2.75) is 59.3 Å². The molecular formula is C14H29BrN2. The number of unbranched alkanes of at least 4 members (excludes halogenated alkanes) is 5. The zero-order valence-corrected chi connectivity index (χ0v) is 13.7. The molecule has 0 radical (unpaired) electrons. The quantitative estimate of drug-likeness (QED) is 0.644. The Kier molecular flexibility index (Phi) is 8.75. The summed E-state index contributed by atoms with van der Waals surface area (Å²) in [5.41, 5.74) is 2.90. The van der Waals surface area contributed by atoms with Gasteiger partial charge in [0.25, 0.3) is 0 Å². The van der Waals surface area contributed by atoms with Crippen molar-refractivity contribution in [1.82, 2.24) is 9.80 Å². The van der Waals surface area contributed by atoms with Crippen molar-refractivity contribution in [2.75, 3.05) is 20.3 Å². The lowest BCUT2D eigenvalue weighted by atomic mass is 10.1. The lowest BCUT2D eigenvalue weighted by Crippen LogP contribution is -2.25. The molecule has 0 N–H and O–H groups in total. The smallest absolute Gasteiger partial charge is 0.0895 e. The lowest BCUT2D eigenvalue weighted by Gasteiger charge is -2.20. The number of allylic oxidation sites excluding steroid dienone is 2. The Balaban J connectivity index is 0.00000256. The molecule has 0 aromatic rings. The summed E-state index contributed by atoms with van der Waals surface area (Å²) in [6.07, 6.45) is 8.33. The number of hydrogen-bond donors (Lipinski definition) is 0. The van der Waals surface area contributed by atoms with E-state index < -0.39 is 0 Å². The summed E-state index contributed by atoms with van der Waals surface area (Å²) in [7, 11) is 2.18. The predicted molar refractivity (Wildman–Crippen MR) is 81.4 cm³/mol. The van der Waals surface area contributed by atoms with Crippen molar-refractivity contribution in [1.29, 1.82) is 0 Å². The Hall–Kier alpha value is -0.180. The fraction of sp³-hybridized carbons (Fsp3) is 0.857. The second-order valence-corrected chi connectivity index (χ2v) is 5.04. The molecule has 0 amide bonds. The number of halogens is 1. The minimum absolute atomic E-state index is 0. The van der Waals surface area contributed by atoms with Gasteiger partial charge in [-0.25, -0.2) is 0 Å². The molecule has 1 heterocycles. The molecule has 0 aromatic carbocycles. The standard InChI is InChI=1S/C14H28N2.BrH/c1-5-6-7-8-9-10-11-16-12-15(4)13(2)14(16)3;/h5-12H2,1-4H3;1H. The first kappa shape index (κ1) is 16.8. The molecule has 0 saturated heterocycles. The molecule has 0 unspecified atom stereocenters. The monoisotopic (exact) mass is 304 g/mol.